The summed E-state index contributed by atoms with van der Waals surface area (Å²) in [4.78, 5) is 26.1. The molecule has 152 valence electrons. The highest BCUT2D eigenvalue weighted by Gasteiger charge is 2.36. The summed E-state index contributed by atoms with van der Waals surface area (Å²) < 4.78 is 37.9. The van der Waals surface area contributed by atoms with Crippen LogP contribution in [0.5, 0.6) is 0 Å². The van der Waals surface area contributed by atoms with Gasteiger partial charge in [-0.3, -0.25) is 9.59 Å². The molecule has 0 unspecified atom stereocenters. The van der Waals surface area contributed by atoms with Crippen LogP contribution in [0.1, 0.15) is 36.2 Å². The van der Waals surface area contributed by atoms with E-state index >= 15 is 0 Å². The van der Waals surface area contributed by atoms with E-state index in [0.29, 0.717) is 18.8 Å². The SMILES string of the molecule is COC(=O)C1CN(CCC(F)(F)CCCC(=O)c2cc(-c3cccs3)on2)C1. The number of likely N-dealkylation sites (tertiary alicyclic amines) is 1. The van der Waals surface area contributed by atoms with E-state index in [4.69, 9.17) is 4.52 Å². The number of alkyl halides is 2. The number of hydrogen-bond acceptors (Lipinski definition) is 7. The average Bonchev–Trinajstić information content (AvgIpc) is 3.30. The largest absolute Gasteiger partial charge is 0.469 e. The molecule has 0 N–H and O–H groups in total. The molecule has 1 saturated heterocycles. The van der Waals surface area contributed by atoms with Gasteiger partial charge in [-0.05, 0) is 17.9 Å². The highest BCUT2D eigenvalue weighted by molar-refractivity contribution is 7.13. The minimum atomic E-state index is -2.84. The number of hydrogen-bond donors (Lipinski definition) is 0. The Hall–Kier alpha value is -2.13. The normalized spacial score (nSPS) is 15.4. The van der Waals surface area contributed by atoms with Crippen molar-refractivity contribution in [1.29, 1.82) is 0 Å². The summed E-state index contributed by atoms with van der Waals surface area (Å²) in [6.45, 7) is 1.14. The molecular formula is C19H22F2N2O4S. The molecule has 0 aromatic carbocycles. The smallest absolute Gasteiger partial charge is 0.311 e. The molecule has 6 nitrogen and oxygen atoms in total. The maximum Gasteiger partial charge on any atom is 0.311 e. The average molecular weight is 412 g/mol. The second-order valence-corrected chi connectivity index (χ2v) is 7.86. The van der Waals surface area contributed by atoms with Crippen molar-refractivity contribution in [3.05, 3.63) is 29.3 Å². The van der Waals surface area contributed by atoms with Crippen LogP contribution in [0.25, 0.3) is 10.6 Å². The van der Waals surface area contributed by atoms with Gasteiger partial charge in [0, 0.05) is 45.0 Å². The van der Waals surface area contributed by atoms with Gasteiger partial charge in [0.1, 0.15) is 5.69 Å². The van der Waals surface area contributed by atoms with Crippen LogP contribution in [0.2, 0.25) is 0 Å². The van der Waals surface area contributed by atoms with Crippen molar-refractivity contribution >= 4 is 23.1 Å². The Kier molecular flexibility index (Phi) is 6.56. The number of esters is 1. The zero-order valence-corrected chi connectivity index (χ0v) is 16.3. The molecule has 2 aromatic heterocycles. The van der Waals surface area contributed by atoms with Crippen LogP contribution < -0.4 is 0 Å². The summed E-state index contributed by atoms with van der Waals surface area (Å²) in [5.74, 6) is -3.15. The number of carbonyl (C=O) groups excluding carboxylic acids is 2. The van der Waals surface area contributed by atoms with Gasteiger partial charge in [0.05, 0.1) is 17.9 Å². The number of nitrogens with zero attached hydrogens (tertiary/aromatic N) is 2. The lowest BCUT2D eigenvalue weighted by Crippen LogP contribution is -2.51. The van der Waals surface area contributed by atoms with E-state index in [9.17, 15) is 18.4 Å². The van der Waals surface area contributed by atoms with E-state index in [1.165, 1.54) is 18.4 Å². The number of methoxy groups -OCH3 is 1. The highest BCUT2D eigenvalue weighted by Crippen LogP contribution is 2.29. The van der Waals surface area contributed by atoms with Crippen LogP contribution in [0, 0.1) is 5.92 Å². The van der Waals surface area contributed by atoms with Crippen LogP contribution in [-0.2, 0) is 9.53 Å². The number of halogens is 2. The summed E-state index contributed by atoms with van der Waals surface area (Å²) in [7, 11) is 1.32. The highest BCUT2D eigenvalue weighted by atomic mass is 32.1. The Labute approximate surface area is 165 Å². The molecule has 0 saturated carbocycles. The topological polar surface area (TPSA) is 72.6 Å². The molecule has 1 fully saturated rings. The Morgan fingerprint density at radius 1 is 1.39 bits per heavy atom. The van der Waals surface area contributed by atoms with Gasteiger partial charge >= 0.3 is 5.97 Å². The van der Waals surface area contributed by atoms with E-state index in [-0.39, 0.29) is 55.6 Å². The number of Topliss-reactive ketones (excluding diaryl/α,β-unsaturated/α-hetero) is 1. The molecule has 2 aromatic rings. The van der Waals surface area contributed by atoms with Crippen LogP contribution in [0.4, 0.5) is 8.78 Å². The number of ketones is 1. The number of thiophene rings is 1. The van der Waals surface area contributed by atoms with Gasteiger partial charge in [0.2, 0.25) is 5.92 Å². The van der Waals surface area contributed by atoms with Crippen LogP contribution >= 0.6 is 11.3 Å². The van der Waals surface area contributed by atoms with Gasteiger partial charge < -0.3 is 14.2 Å². The molecule has 3 heterocycles. The fourth-order valence-corrected chi connectivity index (χ4v) is 3.77. The predicted octanol–water partition coefficient (Wildman–Crippen LogP) is 3.89. The minimum Gasteiger partial charge on any atom is -0.469 e. The molecule has 28 heavy (non-hydrogen) atoms. The first kappa shape index (κ1) is 20.6. The number of rotatable bonds is 10. The van der Waals surface area contributed by atoms with Crippen molar-refractivity contribution in [2.24, 2.45) is 5.92 Å². The molecule has 0 amide bonds. The molecule has 0 atom stereocenters. The molecule has 3 rings (SSSR count). The zero-order valence-electron chi connectivity index (χ0n) is 15.5. The van der Waals surface area contributed by atoms with Crippen molar-refractivity contribution in [2.75, 3.05) is 26.7 Å². The fraction of sp³-hybridized carbons (Fsp3) is 0.526. The number of ether oxygens (including phenoxy) is 1. The third-order valence-corrected chi connectivity index (χ3v) is 5.68. The Balaban J connectivity index is 1.37. The third kappa shape index (κ3) is 5.23. The van der Waals surface area contributed by atoms with Gasteiger partial charge in [-0.1, -0.05) is 11.2 Å². The van der Waals surface area contributed by atoms with Gasteiger partial charge in [-0.25, -0.2) is 8.78 Å². The molecular weight excluding hydrogens is 390 g/mol. The first-order chi connectivity index (χ1) is 13.4. The van der Waals surface area contributed by atoms with E-state index in [2.05, 4.69) is 9.89 Å². The van der Waals surface area contributed by atoms with Gasteiger partial charge in [0.15, 0.2) is 11.5 Å². The molecule has 1 aliphatic heterocycles. The van der Waals surface area contributed by atoms with E-state index in [0.717, 1.165) is 4.88 Å². The van der Waals surface area contributed by atoms with Crippen molar-refractivity contribution in [2.45, 2.75) is 31.6 Å². The zero-order chi connectivity index (χ0) is 20.1. The predicted molar refractivity (Wildman–Crippen MR) is 99.5 cm³/mol. The Morgan fingerprint density at radius 2 is 2.18 bits per heavy atom. The molecule has 0 bridgehead atoms. The molecule has 1 aliphatic rings. The molecule has 0 spiro atoms. The van der Waals surface area contributed by atoms with Crippen molar-refractivity contribution < 1.29 is 27.6 Å². The van der Waals surface area contributed by atoms with E-state index in [1.54, 1.807) is 6.07 Å². The first-order valence-electron chi connectivity index (χ1n) is 9.10. The number of carbonyl (C=O) groups is 2. The summed E-state index contributed by atoms with van der Waals surface area (Å²) >= 11 is 1.47. The fourth-order valence-electron chi connectivity index (χ4n) is 3.09. The molecule has 0 aliphatic carbocycles. The number of aromatic nitrogens is 1. The first-order valence-corrected chi connectivity index (χ1v) is 9.98. The lowest BCUT2D eigenvalue weighted by molar-refractivity contribution is -0.151. The molecule has 9 heteroatoms. The second-order valence-electron chi connectivity index (χ2n) is 6.92. The summed E-state index contributed by atoms with van der Waals surface area (Å²) in [5.41, 5.74) is 0.168. The van der Waals surface area contributed by atoms with Crippen molar-refractivity contribution in [3.63, 3.8) is 0 Å². The lowest BCUT2D eigenvalue weighted by atomic mass is 9.99. The van der Waals surface area contributed by atoms with Gasteiger partial charge in [-0.15, -0.1) is 11.3 Å². The standard InChI is InChI=1S/C19H22F2N2O4S/c1-26-18(25)13-11-23(12-13)8-7-19(20,21)6-2-4-15(24)14-10-16(27-22-14)17-5-3-9-28-17/h3,5,9-10,13H,2,4,6-8,11-12H2,1H3. The van der Waals surface area contributed by atoms with Crippen LogP contribution in [0.15, 0.2) is 28.1 Å². The Morgan fingerprint density at radius 3 is 2.86 bits per heavy atom. The third-order valence-electron chi connectivity index (χ3n) is 4.79. The van der Waals surface area contributed by atoms with E-state index < -0.39 is 5.92 Å². The maximum absolute atomic E-state index is 14.0. The maximum atomic E-state index is 14.0. The van der Waals surface area contributed by atoms with Crippen molar-refractivity contribution in [1.82, 2.24) is 10.1 Å². The lowest BCUT2D eigenvalue weighted by Gasteiger charge is -2.38. The summed E-state index contributed by atoms with van der Waals surface area (Å²) in [5, 5.41) is 5.63. The summed E-state index contributed by atoms with van der Waals surface area (Å²) in [6, 6.07) is 5.27. The molecule has 0 radical (unpaired) electrons. The minimum absolute atomic E-state index is 0.000132. The monoisotopic (exact) mass is 412 g/mol. The van der Waals surface area contributed by atoms with Crippen LogP contribution in [-0.4, -0.2) is 54.5 Å². The quantitative estimate of drug-likeness (QED) is 0.436. The van der Waals surface area contributed by atoms with Gasteiger partial charge in [0.25, 0.3) is 0 Å². The van der Waals surface area contributed by atoms with Crippen LogP contribution in [0.3, 0.4) is 0 Å². The summed E-state index contributed by atoms with van der Waals surface area (Å²) in [6.07, 6.45) is -0.567. The Bertz CT molecular complexity index is 801. The second kappa shape index (κ2) is 8.91. The van der Waals surface area contributed by atoms with Crippen molar-refractivity contribution in [3.8, 4) is 10.6 Å². The van der Waals surface area contributed by atoms with Gasteiger partial charge in [-0.2, -0.15) is 0 Å². The van der Waals surface area contributed by atoms with E-state index in [1.807, 2.05) is 22.4 Å².